The van der Waals surface area contributed by atoms with Crippen LogP contribution in [0.1, 0.15) is 17.5 Å². The van der Waals surface area contributed by atoms with Gasteiger partial charge in [0, 0.05) is 12.0 Å². The minimum absolute atomic E-state index is 0.165. The van der Waals surface area contributed by atoms with Crippen LogP contribution in [0.5, 0.6) is 17.2 Å². The van der Waals surface area contributed by atoms with E-state index in [0.29, 0.717) is 33.9 Å². The summed E-state index contributed by atoms with van der Waals surface area (Å²) in [5.41, 5.74) is 1.27. The van der Waals surface area contributed by atoms with Gasteiger partial charge in [-0.2, -0.15) is 13.2 Å². The van der Waals surface area contributed by atoms with Gasteiger partial charge in [0.05, 0.1) is 7.11 Å². The summed E-state index contributed by atoms with van der Waals surface area (Å²) in [4.78, 5) is 0. The van der Waals surface area contributed by atoms with Gasteiger partial charge >= 0.3 is 6.18 Å². The molecule has 0 bridgehead atoms. The topological polar surface area (TPSA) is 18.5 Å². The van der Waals surface area contributed by atoms with Crippen LogP contribution in [-0.4, -0.2) is 13.3 Å². The van der Waals surface area contributed by atoms with Crippen molar-refractivity contribution in [1.29, 1.82) is 0 Å². The van der Waals surface area contributed by atoms with Crippen LogP contribution in [0.2, 0.25) is 0 Å². The van der Waals surface area contributed by atoms with Gasteiger partial charge in [-0.05, 0) is 65.1 Å². The second-order valence-corrected chi connectivity index (χ2v) is 7.01. The van der Waals surface area contributed by atoms with Crippen LogP contribution in [0.25, 0.3) is 11.1 Å². The molecule has 157 valence electrons. The normalized spacial score (nSPS) is 14.3. The van der Waals surface area contributed by atoms with Gasteiger partial charge in [0.15, 0.2) is 0 Å². The molecule has 0 N–H and O–H groups in total. The smallest absolute Gasteiger partial charge is 0.413 e. The van der Waals surface area contributed by atoms with E-state index in [-0.39, 0.29) is 12.0 Å². The maximum atomic E-state index is 13.9. The molecule has 1 aliphatic carbocycles. The van der Waals surface area contributed by atoms with E-state index in [1.54, 1.807) is 48.5 Å². The second-order valence-electron chi connectivity index (χ2n) is 7.01. The van der Waals surface area contributed by atoms with Gasteiger partial charge in [-0.1, -0.05) is 48.5 Å². The Hall–Kier alpha value is -3.47. The van der Waals surface area contributed by atoms with Crippen molar-refractivity contribution in [1.82, 2.24) is 0 Å². The number of allylic oxidation sites excluding steroid dienone is 4. The fourth-order valence-corrected chi connectivity index (χ4v) is 3.56. The lowest BCUT2D eigenvalue weighted by molar-refractivity contribution is -0.0893. The second kappa shape index (κ2) is 8.72. The van der Waals surface area contributed by atoms with E-state index in [1.807, 2.05) is 36.4 Å². The molecule has 0 amide bonds. The molecule has 0 aromatic heterocycles. The first-order valence-electron chi connectivity index (χ1n) is 9.78. The van der Waals surface area contributed by atoms with Gasteiger partial charge in [-0.3, -0.25) is 0 Å². The first-order valence-corrected chi connectivity index (χ1v) is 9.78. The zero-order valence-corrected chi connectivity index (χ0v) is 16.8. The number of hydrogen-bond acceptors (Lipinski definition) is 2. The molecule has 0 saturated heterocycles. The van der Waals surface area contributed by atoms with Crippen molar-refractivity contribution in [3.05, 3.63) is 108 Å². The number of ether oxygens (including phenoxy) is 2. The van der Waals surface area contributed by atoms with E-state index in [9.17, 15) is 13.2 Å². The van der Waals surface area contributed by atoms with Crippen molar-refractivity contribution in [3.63, 3.8) is 0 Å². The van der Waals surface area contributed by atoms with Crippen molar-refractivity contribution < 1.29 is 22.6 Å². The van der Waals surface area contributed by atoms with Crippen LogP contribution in [0, 0.1) is 6.42 Å². The summed E-state index contributed by atoms with van der Waals surface area (Å²) in [6.07, 6.45) is -1.19. The quantitative estimate of drug-likeness (QED) is 0.425. The lowest BCUT2D eigenvalue weighted by Gasteiger charge is -2.24. The summed E-state index contributed by atoms with van der Waals surface area (Å²) >= 11 is 0. The van der Waals surface area contributed by atoms with Crippen LogP contribution >= 0.6 is 0 Å². The maximum Gasteiger partial charge on any atom is 0.413 e. The summed E-state index contributed by atoms with van der Waals surface area (Å²) in [5.74, 6) is 1.90. The largest absolute Gasteiger partial charge is 0.497 e. The molecule has 0 saturated carbocycles. The number of alkyl halides is 3. The molecule has 0 atom stereocenters. The van der Waals surface area contributed by atoms with E-state index >= 15 is 0 Å². The summed E-state index contributed by atoms with van der Waals surface area (Å²) in [5, 5.41) is 0. The summed E-state index contributed by atoms with van der Waals surface area (Å²) in [6.45, 7) is 0. The molecule has 3 aromatic carbocycles. The van der Waals surface area contributed by atoms with Crippen LogP contribution in [0.4, 0.5) is 13.2 Å². The lowest BCUT2D eigenvalue weighted by atomic mass is 9.82. The van der Waals surface area contributed by atoms with E-state index in [4.69, 9.17) is 9.47 Å². The monoisotopic (exact) mass is 421 g/mol. The fraction of sp³-hybridized carbons (Fsp3) is 0.115. The van der Waals surface area contributed by atoms with Gasteiger partial charge in [0.2, 0.25) is 0 Å². The van der Waals surface area contributed by atoms with Crippen LogP contribution in [0.3, 0.4) is 0 Å². The minimum Gasteiger partial charge on any atom is -0.497 e. The number of rotatable bonds is 5. The van der Waals surface area contributed by atoms with Gasteiger partial charge in [0.1, 0.15) is 17.2 Å². The van der Waals surface area contributed by atoms with E-state index in [2.05, 4.69) is 0 Å². The van der Waals surface area contributed by atoms with E-state index < -0.39 is 11.7 Å². The molecule has 1 aliphatic rings. The third-order valence-electron chi connectivity index (χ3n) is 5.01. The highest BCUT2D eigenvalue weighted by Crippen LogP contribution is 2.45. The highest BCUT2D eigenvalue weighted by Gasteiger charge is 2.38. The molecule has 0 fully saturated rings. The average Bonchev–Trinajstić information content (AvgIpc) is 2.79. The first kappa shape index (κ1) is 20.8. The lowest BCUT2D eigenvalue weighted by Crippen LogP contribution is -2.17. The molecular weight excluding hydrogens is 401 g/mol. The fourth-order valence-electron chi connectivity index (χ4n) is 3.56. The number of para-hydroxylation sites is 1. The van der Waals surface area contributed by atoms with Gasteiger partial charge in [0.25, 0.3) is 0 Å². The average molecular weight is 421 g/mol. The zero-order valence-electron chi connectivity index (χ0n) is 16.8. The Morgan fingerprint density at radius 2 is 1.29 bits per heavy atom. The Morgan fingerprint density at radius 1 is 0.710 bits per heavy atom. The van der Waals surface area contributed by atoms with Gasteiger partial charge < -0.3 is 9.47 Å². The Bertz CT molecular complexity index is 1090. The van der Waals surface area contributed by atoms with Crippen LogP contribution in [-0.2, 0) is 0 Å². The minimum atomic E-state index is -4.45. The van der Waals surface area contributed by atoms with Crippen molar-refractivity contribution in [2.24, 2.45) is 0 Å². The summed E-state index contributed by atoms with van der Waals surface area (Å²) in [7, 11) is 1.52. The molecule has 3 aromatic rings. The van der Waals surface area contributed by atoms with Crippen molar-refractivity contribution in [2.45, 2.75) is 12.6 Å². The molecule has 0 spiro atoms. The zero-order chi connectivity index (χ0) is 21.8. The number of hydrogen-bond donors (Lipinski definition) is 0. The Labute approximate surface area is 179 Å². The highest BCUT2D eigenvalue weighted by molar-refractivity contribution is 6.08. The third-order valence-corrected chi connectivity index (χ3v) is 5.01. The SMILES string of the molecule is COc1ccc(C2=C(C(F)(F)F)[CH]CC=C2c2ccc(Oc3ccccc3)cc2)cc1. The number of halogens is 3. The van der Waals surface area contributed by atoms with Gasteiger partial charge in [-0.15, -0.1) is 0 Å². The third kappa shape index (κ3) is 4.66. The molecule has 2 nitrogen and oxygen atoms in total. The van der Waals surface area contributed by atoms with Crippen LogP contribution < -0.4 is 9.47 Å². The Kier molecular flexibility index (Phi) is 5.85. The Balaban J connectivity index is 1.71. The first-order chi connectivity index (χ1) is 15.0. The molecule has 4 rings (SSSR count). The molecular formula is C26H20F3O2. The van der Waals surface area contributed by atoms with Crippen molar-refractivity contribution >= 4 is 11.1 Å². The molecule has 0 heterocycles. The van der Waals surface area contributed by atoms with Crippen molar-refractivity contribution in [2.75, 3.05) is 7.11 Å². The number of methoxy groups -OCH3 is 1. The van der Waals surface area contributed by atoms with E-state index in [1.165, 1.54) is 13.5 Å². The van der Waals surface area contributed by atoms with E-state index in [0.717, 1.165) is 0 Å². The molecule has 0 aliphatic heterocycles. The molecule has 1 radical (unpaired) electrons. The standard InChI is InChI=1S/C26H20F3O2/c1-30-20-14-12-19(13-15-20)25-23(8-5-9-24(25)26(27,28)29)18-10-16-22(17-11-18)31-21-6-3-2-4-7-21/h2-4,6-17H,5H2,1H3. The molecule has 31 heavy (non-hydrogen) atoms. The van der Waals surface area contributed by atoms with Crippen LogP contribution in [0.15, 0.2) is 90.5 Å². The molecule has 5 heteroatoms. The molecule has 0 unspecified atom stereocenters. The van der Waals surface area contributed by atoms with Gasteiger partial charge in [-0.25, -0.2) is 0 Å². The number of benzene rings is 3. The predicted octanol–water partition coefficient (Wildman–Crippen LogP) is 7.49. The summed E-state index contributed by atoms with van der Waals surface area (Å²) in [6, 6.07) is 23.1. The van der Waals surface area contributed by atoms with Crippen molar-refractivity contribution in [3.8, 4) is 17.2 Å². The summed E-state index contributed by atoms with van der Waals surface area (Å²) < 4.78 is 52.5. The maximum absolute atomic E-state index is 13.9. The Morgan fingerprint density at radius 3 is 1.90 bits per heavy atom. The predicted molar refractivity (Wildman–Crippen MR) is 116 cm³/mol. The highest BCUT2D eigenvalue weighted by atomic mass is 19.4.